The van der Waals surface area contributed by atoms with Gasteiger partial charge in [0.25, 0.3) is 0 Å². The Hall–Kier alpha value is -2.82. The minimum atomic E-state index is -0.569. The molecule has 2 rings (SSSR count). The van der Waals surface area contributed by atoms with Gasteiger partial charge in [-0.25, -0.2) is 0 Å². The zero-order valence-electron chi connectivity index (χ0n) is 19.0. The summed E-state index contributed by atoms with van der Waals surface area (Å²) in [7, 11) is 1.62. The Morgan fingerprint density at radius 2 is 1.63 bits per heavy atom. The lowest BCUT2D eigenvalue weighted by molar-refractivity contribution is -0.140. The van der Waals surface area contributed by atoms with Crippen LogP contribution in [0.25, 0.3) is 0 Å². The predicted molar refractivity (Wildman–Crippen MR) is 121 cm³/mol. The van der Waals surface area contributed by atoms with Crippen LogP contribution in [0.5, 0.6) is 5.75 Å². The predicted octanol–water partition coefficient (Wildman–Crippen LogP) is 4.19. The molecule has 0 heterocycles. The van der Waals surface area contributed by atoms with Crippen LogP contribution in [0.2, 0.25) is 0 Å². The van der Waals surface area contributed by atoms with Crippen molar-refractivity contribution in [1.82, 2.24) is 10.2 Å². The Kier molecular flexibility index (Phi) is 8.46. The topological polar surface area (TPSA) is 58.6 Å². The van der Waals surface area contributed by atoms with Gasteiger partial charge >= 0.3 is 0 Å². The second kappa shape index (κ2) is 10.8. The first-order valence-corrected chi connectivity index (χ1v) is 10.5. The summed E-state index contributed by atoms with van der Waals surface area (Å²) in [5.74, 6) is 0.557. The number of rotatable bonds is 9. The summed E-state index contributed by atoms with van der Waals surface area (Å²) in [5.41, 5.74) is 4.26. The molecular formula is C25H34N2O3. The van der Waals surface area contributed by atoms with Crippen molar-refractivity contribution in [2.24, 2.45) is 0 Å². The molecule has 0 aliphatic rings. The molecule has 2 amide bonds. The van der Waals surface area contributed by atoms with E-state index in [9.17, 15) is 9.59 Å². The number of methoxy groups -OCH3 is 1. The lowest BCUT2D eigenvalue weighted by Crippen LogP contribution is -2.49. The summed E-state index contributed by atoms with van der Waals surface area (Å²) in [4.78, 5) is 27.7. The van der Waals surface area contributed by atoms with E-state index in [0.717, 1.165) is 28.9 Å². The smallest absolute Gasteiger partial charge is 0.242 e. The van der Waals surface area contributed by atoms with Crippen LogP contribution >= 0.6 is 0 Å². The minimum absolute atomic E-state index is 0.0673. The van der Waals surface area contributed by atoms with E-state index < -0.39 is 6.04 Å². The molecule has 5 nitrogen and oxygen atoms in total. The normalized spacial score (nSPS) is 12.7. The molecule has 162 valence electrons. The molecule has 1 N–H and O–H groups in total. The zero-order chi connectivity index (χ0) is 22.3. The third-order valence-corrected chi connectivity index (χ3v) is 5.61. The lowest BCUT2D eigenvalue weighted by atomic mass is 10.0. The number of carbonyl (C=O) groups excluding carboxylic acids is 2. The van der Waals surface area contributed by atoms with Crippen molar-refractivity contribution >= 4 is 11.8 Å². The van der Waals surface area contributed by atoms with Crippen LogP contribution in [0.1, 0.15) is 49.4 Å². The Labute approximate surface area is 180 Å². The molecular weight excluding hydrogens is 376 g/mol. The molecule has 2 aromatic carbocycles. The molecule has 0 aromatic heterocycles. The van der Waals surface area contributed by atoms with Gasteiger partial charge in [0, 0.05) is 12.6 Å². The molecule has 0 saturated heterocycles. The highest BCUT2D eigenvalue weighted by Gasteiger charge is 2.27. The van der Waals surface area contributed by atoms with E-state index >= 15 is 0 Å². The van der Waals surface area contributed by atoms with E-state index in [0.29, 0.717) is 6.54 Å². The summed E-state index contributed by atoms with van der Waals surface area (Å²) < 4.78 is 5.22. The van der Waals surface area contributed by atoms with Gasteiger partial charge in [-0.05, 0) is 68.5 Å². The van der Waals surface area contributed by atoms with Crippen molar-refractivity contribution in [3.8, 4) is 5.75 Å². The minimum Gasteiger partial charge on any atom is -0.497 e. The number of amides is 2. The van der Waals surface area contributed by atoms with Crippen molar-refractivity contribution in [2.75, 3.05) is 7.11 Å². The highest BCUT2D eigenvalue weighted by Crippen LogP contribution is 2.17. The molecule has 0 spiro atoms. The molecule has 0 radical (unpaired) electrons. The van der Waals surface area contributed by atoms with E-state index in [2.05, 4.69) is 12.2 Å². The fourth-order valence-corrected chi connectivity index (χ4v) is 3.17. The standard InChI is InChI=1S/C25H34N2O3/c1-7-19(4)26-25(29)20(5)27(16-21-10-12-23(30-6)13-11-21)24(28)15-22-9-8-17(2)18(3)14-22/h8-14,19-20H,7,15-16H2,1-6H3,(H,26,29)/t19-,20-/m1/s1. The molecule has 2 atom stereocenters. The fourth-order valence-electron chi connectivity index (χ4n) is 3.17. The largest absolute Gasteiger partial charge is 0.497 e. The summed E-state index contributed by atoms with van der Waals surface area (Å²) >= 11 is 0. The average Bonchev–Trinajstić information content (AvgIpc) is 2.74. The van der Waals surface area contributed by atoms with Gasteiger partial charge in [0.1, 0.15) is 11.8 Å². The summed E-state index contributed by atoms with van der Waals surface area (Å²) in [5, 5.41) is 3.00. The maximum Gasteiger partial charge on any atom is 0.242 e. The SMILES string of the molecule is CC[C@@H](C)NC(=O)[C@@H](C)N(Cc1ccc(OC)cc1)C(=O)Cc1ccc(C)c(C)c1. The first-order valence-electron chi connectivity index (χ1n) is 10.5. The van der Waals surface area contributed by atoms with Crippen LogP contribution in [-0.4, -0.2) is 35.9 Å². The van der Waals surface area contributed by atoms with E-state index in [-0.39, 0.29) is 24.3 Å². The van der Waals surface area contributed by atoms with Crippen molar-refractivity contribution < 1.29 is 14.3 Å². The summed E-state index contributed by atoms with van der Waals surface area (Å²) in [6.07, 6.45) is 1.10. The Morgan fingerprint density at radius 3 is 2.20 bits per heavy atom. The average molecular weight is 411 g/mol. The molecule has 0 aliphatic heterocycles. The van der Waals surface area contributed by atoms with Crippen molar-refractivity contribution in [3.05, 3.63) is 64.7 Å². The number of aryl methyl sites for hydroxylation is 2. The molecule has 0 unspecified atom stereocenters. The summed E-state index contributed by atoms with van der Waals surface area (Å²) in [6, 6.07) is 13.1. The Bertz CT molecular complexity index is 861. The number of nitrogens with one attached hydrogen (secondary N) is 1. The molecule has 0 fully saturated rings. The second-order valence-corrected chi connectivity index (χ2v) is 7.96. The van der Waals surface area contributed by atoms with Gasteiger partial charge in [0.2, 0.25) is 11.8 Å². The van der Waals surface area contributed by atoms with Gasteiger partial charge in [-0.15, -0.1) is 0 Å². The maximum atomic E-state index is 13.3. The second-order valence-electron chi connectivity index (χ2n) is 7.96. The van der Waals surface area contributed by atoms with E-state index in [1.54, 1.807) is 18.9 Å². The number of ether oxygens (including phenoxy) is 1. The van der Waals surface area contributed by atoms with Crippen LogP contribution in [0.3, 0.4) is 0 Å². The van der Waals surface area contributed by atoms with Crippen LogP contribution in [-0.2, 0) is 22.6 Å². The first kappa shape index (κ1) is 23.5. The van der Waals surface area contributed by atoms with Crippen molar-refractivity contribution in [2.45, 2.75) is 66.1 Å². The van der Waals surface area contributed by atoms with Crippen LogP contribution in [0.15, 0.2) is 42.5 Å². The molecule has 5 heteroatoms. The molecule has 30 heavy (non-hydrogen) atoms. The number of nitrogens with zero attached hydrogens (tertiary/aromatic N) is 1. The number of hydrogen-bond donors (Lipinski definition) is 1. The maximum absolute atomic E-state index is 13.3. The van der Waals surface area contributed by atoms with Gasteiger partial charge in [-0.1, -0.05) is 37.3 Å². The lowest BCUT2D eigenvalue weighted by Gasteiger charge is -2.30. The monoisotopic (exact) mass is 410 g/mol. The molecule has 0 bridgehead atoms. The summed E-state index contributed by atoms with van der Waals surface area (Å²) in [6.45, 7) is 10.2. The van der Waals surface area contributed by atoms with Gasteiger partial charge in [0.05, 0.1) is 13.5 Å². The van der Waals surface area contributed by atoms with Gasteiger partial charge < -0.3 is 15.0 Å². The molecule has 2 aromatic rings. The van der Waals surface area contributed by atoms with E-state index in [1.165, 1.54) is 5.56 Å². The zero-order valence-corrected chi connectivity index (χ0v) is 19.0. The first-order chi connectivity index (χ1) is 14.2. The number of benzene rings is 2. The van der Waals surface area contributed by atoms with E-state index in [1.807, 2.05) is 63.2 Å². The van der Waals surface area contributed by atoms with Crippen LogP contribution in [0.4, 0.5) is 0 Å². The number of hydrogen-bond acceptors (Lipinski definition) is 3. The van der Waals surface area contributed by atoms with Crippen molar-refractivity contribution in [1.29, 1.82) is 0 Å². The van der Waals surface area contributed by atoms with E-state index in [4.69, 9.17) is 4.74 Å². The third kappa shape index (κ3) is 6.34. The van der Waals surface area contributed by atoms with Gasteiger partial charge in [0.15, 0.2) is 0 Å². The Morgan fingerprint density at radius 1 is 1.00 bits per heavy atom. The molecule has 0 aliphatic carbocycles. The van der Waals surface area contributed by atoms with Crippen LogP contribution in [0, 0.1) is 13.8 Å². The number of carbonyl (C=O) groups is 2. The fraction of sp³-hybridized carbons (Fsp3) is 0.440. The highest BCUT2D eigenvalue weighted by atomic mass is 16.5. The van der Waals surface area contributed by atoms with Gasteiger partial charge in [-0.3, -0.25) is 9.59 Å². The van der Waals surface area contributed by atoms with Gasteiger partial charge in [-0.2, -0.15) is 0 Å². The van der Waals surface area contributed by atoms with Crippen molar-refractivity contribution in [3.63, 3.8) is 0 Å². The Balaban J connectivity index is 2.24. The quantitative estimate of drug-likeness (QED) is 0.674. The van der Waals surface area contributed by atoms with Crippen LogP contribution < -0.4 is 10.1 Å². The third-order valence-electron chi connectivity index (χ3n) is 5.61. The molecule has 0 saturated carbocycles. The highest BCUT2D eigenvalue weighted by molar-refractivity contribution is 5.88.